The van der Waals surface area contributed by atoms with Crippen LogP contribution in [0.1, 0.15) is 22.6 Å². The van der Waals surface area contributed by atoms with E-state index in [1.165, 1.54) is 22.3 Å². The first-order chi connectivity index (χ1) is 18.5. The molecule has 0 aliphatic carbocycles. The average molecular weight is 497 g/mol. The Morgan fingerprint density at radius 3 is 2.53 bits per heavy atom. The number of rotatable bonds is 7. The van der Waals surface area contributed by atoms with Crippen LogP contribution in [0.5, 0.6) is 0 Å². The maximum absolute atomic E-state index is 5.04. The van der Waals surface area contributed by atoms with E-state index in [-0.39, 0.29) is 0 Å². The highest BCUT2D eigenvalue weighted by atomic mass is 15.3. The molecule has 0 amide bonds. The first-order valence-corrected chi connectivity index (χ1v) is 12.7. The van der Waals surface area contributed by atoms with Crippen molar-refractivity contribution in [3.05, 3.63) is 114 Å². The van der Waals surface area contributed by atoms with Crippen LogP contribution in [0.2, 0.25) is 0 Å². The van der Waals surface area contributed by atoms with Gasteiger partial charge in [0.2, 0.25) is 0 Å². The molecule has 0 aliphatic rings. The largest absolute Gasteiger partial charge is 0.340 e. The molecular formula is C30H28BN7. The van der Waals surface area contributed by atoms with E-state index in [4.69, 9.17) is 9.97 Å². The average Bonchev–Trinajstić information content (AvgIpc) is 3.56. The van der Waals surface area contributed by atoms with Crippen molar-refractivity contribution >= 4 is 13.6 Å². The van der Waals surface area contributed by atoms with Crippen molar-refractivity contribution in [1.29, 1.82) is 0 Å². The second kappa shape index (κ2) is 10.1. The summed E-state index contributed by atoms with van der Waals surface area (Å²) in [6.45, 7) is 5.63. The topological polar surface area (TPSA) is 75.0 Å². The zero-order chi connectivity index (χ0) is 26.1. The summed E-state index contributed by atoms with van der Waals surface area (Å²) in [5.41, 5.74) is 10.4. The van der Waals surface area contributed by atoms with Gasteiger partial charge in [-0.3, -0.25) is 4.98 Å². The molecule has 1 N–H and O–H groups in total. The summed E-state index contributed by atoms with van der Waals surface area (Å²) in [6.07, 6.45) is 3.53. The zero-order valence-corrected chi connectivity index (χ0v) is 21.8. The van der Waals surface area contributed by atoms with E-state index in [9.17, 15) is 0 Å². The summed E-state index contributed by atoms with van der Waals surface area (Å²) in [5, 5.41) is 4.31. The molecule has 4 aromatic heterocycles. The van der Waals surface area contributed by atoms with E-state index in [1.54, 1.807) is 10.8 Å². The van der Waals surface area contributed by atoms with Crippen molar-refractivity contribution in [2.24, 2.45) is 0 Å². The number of fused-ring (bicyclic) bond motifs is 1. The van der Waals surface area contributed by atoms with Crippen LogP contribution in [0.3, 0.4) is 0 Å². The molecule has 0 bridgehead atoms. The van der Waals surface area contributed by atoms with Gasteiger partial charge in [-0.15, -0.1) is 0 Å². The van der Waals surface area contributed by atoms with Crippen LogP contribution < -0.4 is 0 Å². The summed E-state index contributed by atoms with van der Waals surface area (Å²) >= 11 is 0. The SMILES string of the molecule is BN(Cc1nc(-c2cccc(C)n2)c(-c2ccc3ncnn3c2)[nH]1)Cc1cccc(C)c1-c1ccccc1. The number of hydrogen-bond acceptors (Lipinski definition) is 5. The molecule has 6 rings (SSSR count). The highest BCUT2D eigenvalue weighted by Gasteiger charge is 2.18. The smallest absolute Gasteiger partial charge is 0.186 e. The van der Waals surface area contributed by atoms with Gasteiger partial charge in [-0.1, -0.05) is 54.6 Å². The zero-order valence-electron chi connectivity index (χ0n) is 21.8. The molecule has 0 spiro atoms. The van der Waals surface area contributed by atoms with Gasteiger partial charge in [-0.2, -0.15) is 5.10 Å². The fourth-order valence-electron chi connectivity index (χ4n) is 5.01. The Labute approximate surface area is 222 Å². The second-order valence-corrected chi connectivity index (χ2v) is 9.70. The molecule has 7 nitrogen and oxygen atoms in total. The van der Waals surface area contributed by atoms with Crippen molar-refractivity contribution in [2.75, 3.05) is 0 Å². The first-order valence-electron chi connectivity index (χ1n) is 12.7. The number of hydrogen-bond donors (Lipinski definition) is 1. The predicted molar refractivity (Wildman–Crippen MR) is 153 cm³/mol. The molecule has 186 valence electrons. The molecule has 0 radical (unpaired) electrons. The standard InChI is InChI=1S/C30H28BN7/c1-20-8-6-12-23(28(20)22-10-4-3-5-11-22)16-37(31)18-26-35-29(24-14-15-27-32-19-33-38(27)17-24)30(36-26)25-13-7-9-21(2)34-25/h3-15,17,19H,16,18,31H2,1-2H3,(H,35,36). The van der Waals surface area contributed by atoms with Crippen molar-refractivity contribution in [3.63, 3.8) is 0 Å². The Bertz CT molecular complexity index is 1720. The van der Waals surface area contributed by atoms with Gasteiger partial charge in [0.05, 0.1) is 11.4 Å². The summed E-state index contributed by atoms with van der Waals surface area (Å²) in [6, 6.07) is 27.2. The van der Waals surface area contributed by atoms with Gasteiger partial charge >= 0.3 is 0 Å². The van der Waals surface area contributed by atoms with Gasteiger partial charge < -0.3 is 9.79 Å². The van der Waals surface area contributed by atoms with Crippen LogP contribution in [0.4, 0.5) is 0 Å². The van der Waals surface area contributed by atoms with E-state index >= 15 is 0 Å². The number of aromatic nitrogens is 6. The van der Waals surface area contributed by atoms with Crippen LogP contribution in [-0.4, -0.2) is 42.3 Å². The number of imidazole rings is 1. The van der Waals surface area contributed by atoms with Gasteiger partial charge in [-0.05, 0) is 60.4 Å². The molecule has 0 unspecified atom stereocenters. The minimum absolute atomic E-state index is 0.659. The van der Waals surface area contributed by atoms with Crippen molar-refractivity contribution in [1.82, 2.24) is 34.4 Å². The summed E-state index contributed by atoms with van der Waals surface area (Å²) in [4.78, 5) is 20.0. The number of nitrogens with one attached hydrogen (secondary N) is 1. The van der Waals surface area contributed by atoms with Gasteiger partial charge in [0, 0.05) is 30.5 Å². The lowest BCUT2D eigenvalue weighted by atomic mass is 9.94. The van der Waals surface area contributed by atoms with Gasteiger partial charge in [0.15, 0.2) is 13.6 Å². The molecule has 0 saturated carbocycles. The lowest BCUT2D eigenvalue weighted by Crippen LogP contribution is -2.20. The Hall–Kier alpha value is -4.56. The third-order valence-electron chi connectivity index (χ3n) is 6.73. The fraction of sp³-hybridized carbons (Fsp3) is 0.133. The summed E-state index contributed by atoms with van der Waals surface area (Å²) < 4.78 is 1.78. The number of aromatic amines is 1. The number of nitrogens with zero attached hydrogens (tertiary/aromatic N) is 6. The molecule has 8 heteroatoms. The van der Waals surface area contributed by atoms with Crippen LogP contribution in [0.15, 0.2) is 91.4 Å². The highest BCUT2D eigenvalue weighted by Crippen LogP contribution is 2.31. The number of aryl methyl sites for hydroxylation is 2. The molecule has 4 heterocycles. The normalized spacial score (nSPS) is 11.4. The second-order valence-electron chi connectivity index (χ2n) is 9.70. The Kier molecular flexibility index (Phi) is 6.31. The monoisotopic (exact) mass is 497 g/mol. The molecule has 6 aromatic rings. The quantitative estimate of drug-likeness (QED) is 0.314. The van der Waals surface area contributed by atoms with E-state index in [0.29, 0.717) is 6.54 Å². The van der Waals surface area contributed by atoms with Crippen LogP contribution in [-0.2, 0) is 13.1 Å². The molecular weight excluding hydrogens is 469 g/mol. The third kappa shape index (κ3) is 4.74. The van der Waals surface area contributed by atoms with Crippen LogP contribution in [0.25, 0.3) is 39.4 Å². The molecule has 0 saturated heterocycles. The molecule has 0 fully saturated rings. The Morgan fingerprint density at radius 2 is 1.68 bits per heavy atom. The lowest BCUT2D eigenvalue weighted by Gasteiger charge is -2.20. The number of pyridine rings is 2. The lowest BCUT2D eigenvalue weighted by molar-refractivity contribution is 0.433. The van der Waals surface area contributed by atoms with Crippen LogP contribution in [0, 0.1) is 13.8 Å². The van der Waals surface area contributed by atoms with E-state index in [2.05, 4.69) is 83.3 Å². The maximum Gasteiger partial charge on any atom is 0.186 e. The summed E-state index contributed by atoms with van der Waals surface area (Å²) in [7, 11) is 2.13. The maximum atomic E-state index is 5.04. The Morgan fingerprint density at radius 1 is 0.842 bits per heavy atom. The van der Waals surface area contributed by atoms with E-state index < -0.39 is 0 Å². The first kappa shape index (κ1) is 23.8. The van der Waals surface area contributed by atoms with Gasteiger partial charge in [0.1, 0.15) is 17.8 Å². The molecule has 38 heavy (non-hydrogen) atoms. The number of H-pyrrole nitrogens is 1. The predicted octanol–water partition coefficient (Wildman–Crippen LogP) is 5.02. The third-order valence-corrected chi connectivity index (χ3v) is 6.73. The van der Waals surface area contributed by atoms with Crippen molar-refractivity contribution < 1.29 is 0 Å². The minimum atomic E-state index is 0.659. The van der Waals surface area contributed by atoms with Gasteiger partial charge in [0.25, 0.3) is 0 Å². The molecule has 2 aromatic carbocycles. The molecule has 0 atom stereocenters. The Balaban J connectivity index is 1.34. The summed E-state index contributed by atoms with van der Waals surface area (Å²) in [5.74, 6) is 0.883. The van der Waals surface area contributed by atoms with E-state index in [1.807, 2.05) is 43.5 Å². The fourth-order valence-corrected chi connectivity index (χ4v) is 5.01. The van der Waals surface area contributed by atoms with E-state index in [0.717, 1.165) is 46.4 Å². The minimum Gasteiger partial charge on any atom is -0.340 e. The highest BCUT2D eigenvalue weighted by molar-refractivity contribution is 6.04. The van der Waals surface area contributed by atoms with Gasteiger partial charge in [-0.25, -0.2) is 14.5 Å². The van der Waals surface area contributed by atoms with Crippen molar-refractivity contribution in [3.8, 4) is 33.8 Å². The van der Waals surface area contributed by atoms with Crippen molar-refractivity contribution in [2.45, 2.75) is 26.9 Å². The molecule has 0 aliphatic heterocycles. The number of benzene rings is 2. The van der Waals surface area contributed by atoms with Crippen LogP contribution >= 0.6 is 0 Å².